The lowest BCUT2D eigenvalue weighted by Crippen LogP contribution is -2.28. The van der Waals surface area contributed by atoms with Gasteiger partial charge in [0.2, 0.25) is 0 Å². The highest BCUT2D eigenvalue weighted by Crippen LogP contribution is 2.11. The van der Waals surface area contributed by atoms with Crippen LogP contribution < -0.4 is 0 Å². The van der Waals surface area contributed by atoms with Crippen LogP contribution in [0.4, 0.5) is 4.39 Å². The zero-order valence-corrected chi connectivity index (χ0v) is 11.3. The molecule has 0 aliphatic heterocycles. The lowest BCUT2D eigenvalue weighted by Gasteiger charge is -2.23. The van der Waals surface area contributed by atoms with Crippen molar-refractivity contribution in [3.05, 3.63) is 71.8 Å². The number of benzene rings is 2. The quantitative estimate of drug-likeness (QED) is 0.754. The molecule has 0 aliphatic rings. The Morgan fingerprint density at radius 1 is 0.842 bits per heavy atom. The van der Waals surface area contributed by atoms with Crippen LogP contribution in [-0.4, -0.2) is 17.6 Å². The van der Waals surface area contributed by atoms with E-state index in [2.05, 4.69) is 29.2 Å². The van der Waals surface area contributed by atoms with Gasteiger partial charge in [0.1, 0.15) is 6.17 Å². The van der Waals surface area contributed by atoms with Gasteiger partial charge in [-0.1, -0.05) is 60.7 Å². The Bertz CT molecular complexity index is 426. The number of hydrogen-bond acceptors (Lipinski definition) is 1. The average molecular weight is 257 g/mol. The molecule has 0 aliphatic carbocycles. The summed E-state index contributed by atoms with van der Waals surface area (Å²) in [5, 5.41) is 0. The summed E-state index contributed by atoms with van der Waals surface area (Å²) >= 11 is 0. The Balaban J connectivity index is 2.03. The van der Waals surface area contributed by atoms with Gasteiger partial charge in [0, 0.05) is 19.6 Å². The Kier molecular flexibility index (Phi) is 5.10. The minimum absolute atomic E-state index is 0.462. The molecule has 0 spiro atoms. The van der Waals surface area contributed by atoms with Gasteiger partial charge in [0.05, 0.1) is 0 Å². The molecular weight excluding hydrogens is 237 g/mol. The normalized spacial score (nSPS) is 12.6. The average Bonchev–Trinajstić information content (AvgIpc) is 2.40. The Morgan fingerprint density at radius 3 is 1.63 bits per heavy atom. The van der Waals surface area contributed by atoms with Crippen molar-refractivity contribution in [2.24, 2.45) is 0 Å². The smallest absolute Gasteiger partial charge is 0.110 e. The second-order valence-electron chi connectivity index (χ2n) is 4.92. The minimum atomic E-state index is -0.813. The third kappa shape index (κ3) is 4.84. The maximum absolute atomic E-state index is 13.3. The van der Waals surface area contributed by atoms with Crippen LogP contribution in [0.2, 0.25) is 0 Å². The van der Waals surface area contributed by atoms with E-state index < -0.39 is 6.17 Å². The molecule has 100 valence electrons. The second kappa shape index (κ2) is 7.05. The molecule has 2 rings (SSSR count). The predicted molar refractivity (Wildman–Crippen MR) is 77.6 cm³/mol. The van der Waals surface area contributed by atoms with Crippen molar-refractivity contribution in [1.82, 2.24) is 4.90 Å². The molecule has 0 saturated carbocycles. The summed E-state index contributed by atoms with van der Waals surface area (Å²) in [5.41, 5.74) is 2.44. The summed E-state index contributed by atoms with van der Waals surface area (Å²) in [6.45, 7) is 3.64. The zero-order chi connectivity index (χ0) is 13.5. The number of hydrogen-bond donors (Lipinski definition) is 0. The highest BCUT2D eigenvalue weighted by atomic mass is 19.1. The third-order valence-corrected chi connectivity index (χ3v) is 3.01. The molecule has 0 amide bonds. The van der Waals surface area contributed by atoms with E-state index in [0.29, 0.717) is 6.54 Å². The molecule has 0 N–H and O–H groups in total. The predicted octanol–water partition coefficient (Wildman–Crippen LogP) is 4.05. The van der Waals surface area contributed by atoms with Gasteiger partial charge in [-0.15, -0.1) is 0 Å². The lowest BCUT2D eigenvalue weighted by molar-refractivity contribution is 0.188. The standard InChI is InChI=1S/C17H20FN/c1-15(18)12-19(13-16-8-4-2-5-9-16)14-17-10-6-3-7-11-17/h2-11,15H,12-14H2,1H3. The molecule has 0 saturated heterocycles. The molecule has 0 heterocycles. The Labute approximate surface area is 114 Å². The van der Waals surface area contributed by atoms with E-state index in [9.17, 15) is 4.39 Å². The molecule has 0 radical (unpaired) electrons. The Morgan fingerprint density at radius 2 is 1.26 bits per heavy atom. The maximum Gasteiger partial charge on any atom is 0.110 e. The summed E-state index contributed by atoms with van der Waals surface area (Å²) in [5.74, 6) is 0. The second-order valence-corrected chi connectivity index (χ2v) is 4.92. The molecule has 0 fully saturated rings. The third-order valence-electron chi connectivity index (χ3n) is 3.01. The van der Waals surface area contributed by atoms with E-state index in [4.69, 9.17) is 0 Å². The molecule has 2 aromatic carbocycles. The highest BCUT2D eigenvalue weighted by Gasteiger charge is 2.10. The first-order chi connectivity index (χ1) is 9.24. The van der Waals surface area contributed by atoms with E-state index >= 15 is 0 Å². The first kappa shape index (κ1) is 13.8. The summed E-state index contributed by atoms with van der Waals surface area (Å²) in [6.07, 6.45) is -0.813. The van der Waals surface area contributed by atoms with Gasteiger partial charge in [-0.3, -0.25) is 4.90 Å². The summed E-state index contributed by atoms with van der Waals surface area (Å²) < 4.78 is 13.3. The fourth-order valence-corrected chi connectivity index (χ4v) is 2.22. The maximum atomic E-state index is 13.3. The van der Waals surface area contributed by atoms with Crippen LogP contribution in [0.15, 0.2) is 60.7 Å². The first-order valence-corrected chi connectivity index (χ1v) is 6.68. The van der Waals surface area contributed by atoms with Crippen molar-refractivity contribution < 1.29 is 4.39 Å². The first-order valence-electron chi connectivity index (χ1n) is 6.68. The van der Waals surface area contributed by atoms with Gasteiger partial charge in [-0.2, -0.15) is 0 Å². The monoisotopic (exact) mass is 257 g/mol. The number of rotatable bonds is 6. The number of alkyl halides is 1. The number of halogens is 1. The molecule has 2 heteroatoms. The highest BCUT2D eigenvalue weighted by molar-refractivity contribution is 5.17. The molecule has 1 atom stereocenters. The molecule has 0 bridgehead atoms. The van der Waals surface area contributed by atoms with Gasteiger partial charge in [-0.05, 0) is 18.1 Å². The van der Waals surface area contributed by atoms with Gasteiger partial charge >= 0.3 is 0 Å². The van der Waals surface area contributed by atoms with E-state index in [1.165, 1.54) is 11.1 Å². The molecule has 1 unspecified atom stereocenters. The van der Waals surface area contributed by atoms with Crippen molar-refractivity contribution in [1.29, 1.82) is 0 Å². The molecule has 0 aromatic heterocycles. The van der Waals surface area contributed by atoms with E-state index in [0.717, 1.165) is 13.1 Å². The lowest BCUT2D eigenvalue weighted by atomic mass is 10.1. The van der Waals surface area contributed by atoms with Crippen molar-refractivity contribution in [3.8, 4) is 0 Å². The molecule has 1 nitrogen and oxygen atoms in total. The topological polar surface area (TPSA) is 3.24 Å². The molecule has 2 aromatic rings. The van der Waals surface area contributed by atoms with Crippen molar-refractivity contribution in [2.45, 2.75) is 26.2 Å². The molecule has 19 heavy (non-hydrogen) atoms. The number of nitrogens with zero attached hydrogens (tertiary/aromatic N) is 1. The fraction of sp³-hybridized carbons (Fsp3) is 0.294. The minimum Gasteiger partial charge on any atom is -0.292 e. The summed E-state index contributed by atoms with van der Waals surface area (Å²) in [6, 6.07) is 20.4. The van der Waals surface area contributed by atoms with E-state index in [-0.39, 0.29) is 0 Å². The van der Waals surface area contributed by atoms with Gasteiger partial charge in [0.15, 0.2) is 0 Å². The summed E-state index contributed by atoms with van der Waals surface area (Å²) in [7, 11) is 0. The van der Waals surface area contributed by atoms with Crippen LogP contribution in [0.5, 0.6) is 0 Å². The van der Waals surface area contributed by atoms with Crippen LogP contribution in [0.3, 0.4) is 0 Å². The van der Waals surface area contributed by atoms with Crippen molar-refractivity contribution >= 4 is 0 Å². The van der Waals surface area contributed by atoms with Crippen molar-refractivity contribution in [3.63, 3.8) is 0 Å². The zero-order valence-electron chi connectivity index (χ0n) is 11.3. The summed E-state index contributed by atoms with van der Waals surface area (Å²) in [4.78, 5) is 2.15. The van der Waals surface area contributed by atoms with Crippen LogP contribution in [0.1, 0.15) is 18.1 Å². The van der Waals surface area contributed by atoms with Crippen LogP contribution in [0.25, 0.3) is 0 Å². The van der Waals surface area contributed by atoms with Crippen LogP contribution in [0, 0.1) is 0 Å². The fourth-order valence-electron chi connectivity index (χ4n) is 2.22. The van der Waals surface area contributed by atoms with Crippen LogP contribution in [-0.2, 0) is 13.1 Å². The van der Waals surface area contributed by atoms with Gasteiger partial charge < -0.3 is 0 Å². The van der Waals surface area contributed by atoms with Gasteiger partial charge in [-0.25, -0.2) is 4.39 Å². The van der Waals surface area contributed by atoms with Crippen LogP contribution >= 0.6 is 0 Å². The van der Waals surface area contributed by atoms with E-state index in [1.807, 2.05) is 36.4 Å². The molecular formula is C17H20FN. The largest absolute Gasteiger partial charge is 0.292 e. The Hall–Kier alpha value is -1.67. The SMILES string of the molecule is CC(F)CN(Cc1ccccc1)Cc1ccccc1. The van der Waals surface area contributed by atoms with Crippen molar-refractivity contribution in [2.75, 3.05) is 6.54 Å². The van der Waals surface area contributed by atoms with E-state index in [1.54, 1.807) is 6.92 Å². The van der Waals surface area contributed by atoms with Gasteiger partial charge in [0.25, 0.3) is 0 Å².